The van der Waals surface area contributed by atoms with Gasteiger partial charge in [-0.25, -0.2) is 18.7 Å². The molecule has 1 aliphatic heterocycles. The van der Waals surface area contributed by atoms with E-state index < -0.39 is 29.1 Å². The Morgan fingerprint density at radius 1 is 1.32 bits per heavy atom. The van der Waals surface area contributed by atoms with Crippen LogP contribution in [0.5, 0.6) is 0 Å². The molecule has 12 heteroatoms. The first-order chi connectivity index (χ1) is 14.8. The number of carbonyl (C=O) groups is 2. The Balaban J connectivity index is 1.77. The van der Waals surface area contributed by atoms with Crippen LogP contribution in [0.15, 0.2) is 29.4 Å². The SMILES string of the molecule is CSc1n[nH]c(NC(=O)c2cc3c(c(F)c2F)N(c2ccc(I)cc2C)COC3=O)n1. The van der Waals surface area contributed by atoms with E-state index in [-0.39, 0.29) is 23.9 Å². The van der Waals surface area contributed by atoms with E-state index in [0.717, 1.165) is 15.2 Å². The third-order valence-corrected chi connectivity index (χ3v) is 5.79. The largest absolute Gasteiger partial charge is 0.440 e. The van der Waals surface area contributed by atoms with Crippen LogP contribution in [0.2, 0.25) is 0 Å². The van der Waals surface area contributed by atoms with Crippen LogP contribution in [0.25, 0.3) is 0 Å². The molecular formula is C19H14F2IN5O3S. The summed E-state index contributed by atoms with van der Waals surface area (Å²) in [4.78, 5) is 30.2. The number of thioether (sulfide) groups is 1. The summed E-state index contributed by atoms with van der Waals surface area (Å²) in [7, 11) is 0. The summed E-state index contributed by atoms with van der Waals surface area (Å²) in [6.45, 7) is 1.52. The number of nitrogens with zero attached hydrogens (tertiary/aromatic N) is 3. The number of hydrogen-bond donors (Lipinski definition) is 2. The van der Waals surface area contributed by atoms with Crippen molar-refractivity contribution in [2.24, 2.45) is 0 Å². The number of fused-ring (bicyclic) bond motifs is 1. The molecule has 0 saturated carbocycles. The molecule has 1 amide bonds. The standard InChI is InChI=1S/C19H14F2IN5O3S/c1-8-5-9(22)3-4-12(8)27-7-30-17(29)11-6-10(13(20)14(21)15(11)27)16(28)23-18-24-19(31-2)26-25-18/h3-6H,7H2,1-2H3,(H2,23,24,25,26,28). The van der Waals surface area contributed by atoms with Crippen molar-refractivity contribution in [3.8, 4) is 0 Å². The number of esters is 1. The van der Waals surface area contributed by atoms with Gasteiger partial charge in [-0.15, -0.1) is 5.10 Å². The number of aryl methyl sites for hydroxylation is 1. The third-order valence-electron chi connectivity index (χ3n) is 4.57. The lowest BCUT2D eigenvalue weighted by Gasteiger charge is -2.32. The van der Waals surface area contributed by atoms with Gasteiger partial charge < -0.3 is 9.64 Å². The predicted molar refractivity (Wildman–Crippen MR) is 119 cm³/mol. The minimum atomic E-state index is -1.39. The van der Waals surface area contributed by atoms with E-state index in [4.69, 9.17) is 4.74 Å². The summed E-state index contributed by atoms with van der Waals surface area (Å²) in [5.41, 5.74) is 0.148. The number of amides is 1. The lowest BCUT2D eigenvalue weighted by molar-refractivity contribution is 0.0491. The van der Waals surface area contributed by atoms with Crippen LogP contribution in [0, 0.1) is 22.1 Å². The van der Waals surface area contributed by atoms with Crippen molar-refractivity contribution in [2.45, 2.75) is 12.1 Å². The maximum absolute atomic E-state index is 15.2. The minimum Gasteiger partial charge on any atom is -0.440 e. The molecule has 0 spiro atoms. The number of H-pyrrole nitrogens is 1. The number of rotatable bonds is 4. The van der Waals surface area contributed by atoms with Gasteiger partial charge in [-0.05, 0) is 65.6 Å². The molecule has 0 radical (unpaired) electrons. The van der Waals surface area contributed by atoms with Crippen LogP contribution in [0.3, 0.4) is 0 Å². The van der Waals surface area contributed by atoms with Crippen molar-refractivity contribution in [2.75, 3.05) is 23.2 Å². The highest BCUT2D eigenvalue weighted by Gasteiger charge is 2.34. The van der Waals surface area contributed by atoms with E-state index in [1.165, 1.54) is 16.7 Å². The molecule has 0 bridgehead atoms. The van der Waals surface area contributed by atoms with Crippen molar-refractivity contribution >= 4 is 63.6 Å². The summed E-state index contributed by atoms with van der Waals surface area (Å²) >= 11 is 3.37. The normalized spacial score (nSPS) is 13.1. The average molecular weight is 557 g/mol. The Bertz CT molecular complexity index is 1220. The number of anilines is 3. The molecule has 0 saturated heterocycles. The zero-order valence-electron chi connectivity index (χ0n) is 16.1. The van der Waals surface area contributed by atoms with Crippen molar-refractivity contribution in [3.63, 3.8) is 0 Å². The predicted octanol–water partition coefficient (Wildman–Crippen LogP) is 4.24. The van der Waals surface area contributed by atoms with Gasteiger partial charge in [0.2, 0.25) is 11.1 Å². The molecule has 2 heterocycles. The maximum atomic E-state index is 15.2. The number of nitrogens with one attached hydrogen (secondary N) is 2. The zero-order valence-corrected chi connectivity index (χ0v) is 19.1. The summed E-state index contributed by atoms with van der Waals surface area (Å²) in [5.74, 6) is -4.58. The van der Waals surface area contributed by atoms with E-state index in [1.54, 1.807) is 18.4 Å². The van der Waals surface area contributed by atoms with E-state index in [2.05, 4.69) is 43.1 Å². The summed E-state index contributed by atoms with van der Waals surface area (Å²) in [6, 6.07) is 6.37. The van der Waals surface area contributed by atoms with Crippen LogP contribution in [0.1, 0.15) is 26.3 Å². The van der Waals surface area contributed by atoms with Gasteiger partial charge in [-0.3, -0.25) is 10.1 Å². The van der Waals surface area contributed by atoms with Gasteiger partial charge in [0.1, 0.15) is 0 Å². The number of aromatic nitrogens is 3. The lowest BCUT2D eigenvalue weighted by Crippen LogP contribution is -2.33. The number of halogens is 3. The molecule has 2 aromatic carbocycles. The van der Waals surface area contributed by atoms with Crippen LogP contribution >= 0.6 is 34.4 Å². The molecule has 4 rings (SSSR count). The second-order valence-electron chi connectivity index (χ2n) is 6.49. The van der Waals surface area contributed by atoms with Gasteiger partial charge in [0.15, 0.2) is 18.4 Å². The van der Waals surface area contributed by atoms with Crippen LogP contribution < -0.4 is 10.2 Å². The van der Waals surface area contributed by atoms with Crippen molar-refractivity contribution in [1.82, 2.24) is 15.2 Å². The summed E-state index contributed by atoms with van der Waals surface area (Å²) < 4.78 is 36.2. The number of hydrogen-bond acceptors (Lipinski definition) is 7. The highest BCUT2D eigenvalue weighted by molar-refractivity contribution is 14.1. The molecule has 31 heavy (non-hydrogen) atoms. The average Bonchev–Trinajstić information content (AvgIpc) is 3.19. The van der Waals surface area contributed by atoms with Gasteiger partial charge in [0, 0.05) is 9.26 Å². The van der Waals surface area contributed by atoms with Crippen LogP contribution in [-0.4, -0.2) is 40.0 Å². The van der Waals surface area contributed by atoms with Crippen molar-refractivity contribution in [3.05, 3.63) is 56.2 Å². The molecular weight excluding hydrogens is 543 g/mol. The molecule has 0 atom stereocenters. The number of cyclic esters (lactones) is 1. The molecule has 0 aliphatic carbocycles. The fraction of sp³-hybridized carbons (Fsp3) is 0.158. The van der Waals surface area contributed by atoms with Crippen molar-refractivity contribution in [1.29, 1.82) is 0 Å². The molecule has 3 aromatic rings. The van der Waals surface area contributed by atoms with E-state index in [9.17, 15) is 14.0 Å². The smallest absolute Gasteiger partial charge is 0.342 e. The van der Waals surface area contributed by atoms with E-state index in [0.29, 0.717) is 10.8 Å². The second kappa shape index (κ2) is 8.42. The highest BCUT2D eigenvalue weighted by Crippen LogP contribution is 2.38. The molecule has 8 nitrogen and oxygen atoms in total. The first-order valence-corrected chi connectivity index (χ1v) is 11.1. The summed E-state index contributed by atoms with van der Waals surface area (Å²) in [5, 5.41) is 8.96. The molecule has 2 N–H and O–H groups in total. The Labute approximate surface area is 192 Å². The van der Waals surface area contributed by atoms with Gasteiger partial charge in [-0.2, -0.15) is 4.98 Å². The number of carbonyl (C=O) groups excluding carboxylic acids is 2. The van der Waals surface area contributed by atoms with Gasteiger partial charge in [-0.1, -0.05) is 11.8 Å². The van der Waals surface area contributed by atoms with Crippen LogP contribution in [-0.2, 0) is 4.74 Å². The topological polar surface area (TPSA) is 100 Å². The van der Waals surface area contributed by atoms with Gasteiger partial charge >= 0.3 is 5.97 Å². The first-order valence-electron chi connectivity index (χ1n) is 8.80. The Hall–Kier alpha value is -2.74. The number of benzene rings is 2. The Morgan fingerprint density at radius 2 is 2.10 bits per heavy atom. The van der Waals surface area contributed by atoms with Crippen molar-refractivity contribution < 1.29 is 23.1 Å². The Kier molecular flexibility index (Phi) is 5.83. The first kappa shape index (κ1) is 21.5. The van der Waals surface area contributed by atoms with Crippen LogP contribution in [0.4, 0.5) is 26.1 Å². The second-order valence-corrected chi connectivity index (χ2v) is 8.51. The monoisotopic (exact) mass is 557 g/mol. The maximum Gasteiger partial charge on any atom is 0.342 e. The number of ether oxygens (including phenoxy) is 1. The number of aromatic amines is 1. The minimum absolute atomic E-state index is 0.0365. The fourth-order valence-corrected chi connectivity index (χ4v) is 4.11. The van der Waals surface area contributed by atoms with E-state index in [1.807, 2.05) is 13.0 Å². The molecule has 0 fully saturated rings. The quantitative estimate of drug-likeness (QED) is 0.281. The lowest BCUT2D eigenvalue weighted by atomic mass is 10.0. The zero-order chi connectivity index (χ0) is 22.3. The highest BCUT2D eigenvalue weighted by atomic mass is 127. The van der Waals surface area contributed by atoms with E-state index >= 15 is 4.39 Å². The molecule has 1 aromatic heterocycles. The van der Waals surface area contributed by atoms with Gasteiger partial charge in [0.25, 0.3) is 5.91 Å². The van der Waals surface area contributed by atoms with Gasteiger partial charge in [0.05, 0.1) is 16.8 Å². The molecule has 0 unspecified atom stereocenters. The fourth-order valence-electron chi connectivity index (χ4n) is 3.15. The third kappa shape index (κ3) is 3.96. The Morgan fingerprint density at radius 3 is 2.77 bits per heavy atom. The summed E-state index contributed by atoms with van der Waals surface area (Å²) in [6.07, 6.45) is 1.74. The molecule has 1 aliphatic rings. The molecule has 160 valence electrons.